The number of hydrogen-bond acceptors (Lipinski definition) is 18. The van der Waals surface area contributed by atoms with Crippen molar-refractivity contribution in [2.24, 2.45) is 21.6 Å². The maximum atomic E-state index is 15.3. The van der Waals surface area contributed by atoms with Gasteiger partial charge < -0.3 is 89.5 Å². The Morgan fingerprint density at radius 1 is 0.604 bits per heavy atom. The van der Waals surface area contributed by atoms with Gasteiger partial charge in [-0.2, -0.15) is 10.5 Å². The minimum atomic E-state index is -1.79. The first-order valence-corrected chi connectivity index (χ1v) is 39.5. The van der Waals surface area contributed by atoms with Crippen molar-refractivity contribution in [3.05, 3.63) is 54.2 Å². The van der Waals surface area contributed by atoms with Gasteiger partial charge in [-0.3, -0.25) is 73.4 Å². The zero-order valence-corrected chi connectivity index (χ0v) is 64.7. The molecule has 10 atom stereocenters. The van der Waals surface area contributed by atoms with E-state index in [1.807, 2.05) is 58.3 Å². The Hall–Kier alpha value is -10.4. The Kier molecular flexibility index (Phi) is 36.6. The van der Waals surface area contributed by atoms with E-state index in [1.165, 1.54) is 24.3 Å². The normalized spacial score (nSPS) is 18.4. The summed E-state index contributed by atoms with van der Waals surface area (Å²) in [6, 6.07) is -5.29. The summed E-state index contributed by atoms with van der Waals surface area (Å²) in [7, 11) is 0. The number of primary amides is 1. The molecule has 0 unspecified atom stereocenters. The third-order valence-electron chi connectivity index (χ3n) is 20.4. The molecule has 2 aliphatic carbocycles. The number of aliphatic hydroxyl groups is 1. The van der Waals surface area contributed by atoms with Crippen molar-refractivity contribution in [3.8, 4) is 12.4 Å². The lowest BCUT2D eigenvalue weighted by Gasteiger charge is -2.31. The summed E-state index contributed by atoms with van der Waals surface area (Å²) in [5.41, 5.74) is 7.20. The molecule has 4 aliphatic rings. The summed E-state index contributed by atoms with van der Waals surface area (Å²) in [4.78, 5) is 177. The number of amides is 11. The number of unbranched alkanes of at least 4 members (excludes halogenated alkanes) is 3. The molecule has 11 amide bonds. The monoisotopic (exact) mass is 1540 g/mol. The van der Waals surface area contributed by atoms with E-state index in [-0.39, 0.29) is 120 Å². The molecule has 111 heavy (non-hydrogen) atoms. The molecular weight excluding hydrogens is 1430 g/mol. The molecule has 3 aromatic rings. The van der Waals surface area contributed by atoms with Crippen molar-refractivity contribution in [1.29, 1.82) is 10.5 Å². The lowest BCUT2D eigenvalue weighted by Crippen LogP contribution is -2.61. The first kappa shape index (κ1) is 87.8. The number of guanidine groups is 2. The van der Waals surface area contributed by atoms with Crippen LogP contribution in [-0.4, -0.2) is 213 Å². The number of nitrogens with one attached hydrogen (secondary N) is 16. The van der Waals surface area contributed by atoms with Crippen molar-refractivity contribution in [2.75, 3.05) is 32.8 Å². The van der Waals surface area contributed by atoms with E-state index < -0.39 is 126 Å². The highest BCUT2D eigenvalue weighted by Gasteiger charge is 2.41. The number of aliphatic hydroxyl groups excluding tert-OH is 1. The van der Waals surface area contributed by atoms with E-state index in [9.17, 15) is 58.8 Å². The standard InChI is InChI=1S/C76H117N23O12/c1-46(2)37-59(69(106)94-58(29-16-17-33-81-47(3)4)74(111)99-36-20-30-63(99)73(110)88-48(5)65(79)102)95-67(104)56(28-15-19-35-83-76(86-44-78)90-51-23-10-7-11-24-51)92-66(103)55(27-14-18-34-82-75(85-43-77)89-50-21-8-6-9-22-50)93-72(109)62(42-100)98-70(107)60(38-49-40-84-54-26-13-12-25-53(49)54)96-71(108)61(39-52-41-80-45-87-52)97-68(105)57-31-32-64(101)91-57/h12-13,25-26,40-41,45-48,50-51,55-63,81,84,100H,6-11,14-24,27-39,42H2,1-5H3,(H2,79,102)(H,80,87)(H,88,110)(H,91,101)(H,92,103)(H,93,109)(H,94,106)(H,95,104)(H,96,108)(H,97,105)(H,98,107)(H2,82,85,89)(H2,83,86,90)/t48-,55+,56-,57+,58+,59+,60+,61+,62+,63+/m1/s1. The quantitative estimate of drug-likeness (QED) is 0.0121. The summed E-state index contributed by atoms with van der Waals surface area (Å²) >= 11 is 0. The average Bonchev–Trinajstić information content (AvgIpc) is 1.72. The number of rotatable bonds is 43. The number of imidazole rings is 1. The summed E-state index contributed by atoms with van der Waals surface area (Å²) < 4.78 is 0. The Bertz CT molecular complexity index is 3710. The fourth-order valence-corrected chi connectivity index (χ4v) is 14.2. The number of nitriles is 2. The fourth-order valence-electron chi connectivity index (χ4n) is 14.2. The molecule has 1 aromatic carbocycles. The fraction of sp³-hybridized carbons (Fsp3) is 0.658. The third kappa shape index (κ3) is 29.4. The van der Waals surface area contributed by atoms with Crippen LogP contribution in [0.2, 0.25) is 0 Å². The molecule has 19 N–H and O–H groups in total. The number of aromatic nitrogens is 3. The number of carbonyl (C=O) groups excluding carboxylic acids is 11. The molecule has 608 valence electrons. The lowest BCUT2D eigenvalue weighted by atomic mass is 9.96. The number of aromatic amines is 2. The Morgan fingerprint density at radius 2 is 1.14 bits per heavy atom. The van der Waals surface area contributed by atoms with E-state index in [4.69, 9.17) is 5.73 Å². The molecule has 2 aromatic heterocycles. The van der Waals surface area contributed by atoms with Crippen LogP contribution < -0.4 is 80.2 Å². The second-order valence-electron chi connectivity index (χ2n) is 30.1. The van der Waals surface area contributed by atoms with Crippen molar-refractivity contribution in [2.45, 2.75) is 280 Å². The summed E-state index contributed by atoms with van der Waals surface area (Å²) in [6.07, 6.45) is 21.2. The van der Waals surface area contributed by atoms with Gasteiger partial charge in [0.2, 0.25) is 76.9 Å². The molecule has 7 rings (SSSR count). The number of carbonyl (C=O) groups is 11. The van der Waals surface area contributed by atoms with Crippen LogP contribution in [0.3, 0.4) is 0 Å². The van der Waals surface area contributed by atoms with Crippen LogP contribution in [0.5, 0.6) is 0 Å². The molecule has 2 aliphatic heterocycles. The van der Waals surface area contributed by atoms with Gasteiger partial charge in [0.15, 0.2) is 12.4 Å². The maximum Gasteiger partial charge on any atom is 0.245 e. The highest BCUT2D eigenvalue weighted by atomic mass is 16.3. The topological polar surface area (TPSA) is 522 Å². The molecular formula is C76H117N23O12. The number of benzene rings is 1. The van der Waals surface area contributed by atoms with Crippen molar-refractivity contribution in [3.63, 3.8) is 0 Å². The van der Waals surface area contributed by atoms with Gasteiger partial charge >= 0.3 is 0 Å². The number of H-pyrrole nitrogens is 2. The number of fused-ring (bicyclic) bond motifs is 1. The first-order valence-electron chi connectivity index (χ1n) is 39.5. The third-order valence-corrected chi connectivity index (χ3v) is 20.4. The zero-order valence-electron chi connectivity index (χ0n) is 64.7. The predicted molar refractivity (Wildman–Crippen MR) is 414 cm³/mol. The largest absolute Gasteiger partial charge is 0.394 e. The average molecular weight is 1540 g/mol. The van der Waals surface area contributed by atoms with Crippen LogP contribution in [0.1, 0.15) is 200 Å². The Labute approximate surface area is 648 Å². The van der Waals surface area contributed by atoms with Gasteiger partial charge in [-0.15, -0.1) is 0 Å². The van der Waals surface area contributed by atoms with E-state index in [0.717, 1.165) is 64.2 Å². The van der Waals surface area contributed by atoms with Crippen molar-refractivity contribution in [1.82, 2.24) is 94.3 Å². The van der Waals surface area contributed by atoms with Crippen LogP contribution in [0.4, 0.5) is 0 Å². The second-order valence-corrected chi connectivity index (χ2v) is 30.1. The zero-order chi connectivity index (χ0) is 80.2. The SMILES string of the molecule is CC(C)C[C@H](NC(=O)[C@@H](CCCCN=C(NC#N)NC1CCCCC1)NC(=O)[C@H](CCCCN=C(NC#N)NC1CCCCC1)NC(=O)[C@H](CO)NC(=O)[C@H](Cc1c[nH]c2ccccc12)NC(=O)[C@H](Cc1cnc[nH]1)NC(=O)[C@@H]1CCC(=O)N1)C(=O)N[C@@H](CCCCNC(C)C)C(=O)N1CCC[C@H]1C(=O)N[C@H](C)C(N)=O. The van der Waals surface area contributed by atoms with E-state index in [2.05, 4.69) is 99.4 Å². The van der Waals surface area contributed by atoms with Crippen LogP contribution in [0.15, 0.2) is 53.0 Å². The number of likely N-dealkylation sites (tertiary alicyclic amines) is 1. The van der Waals surface area contributed by atoms with Crippen molar-refractivity contribution < 1.29 is 57.8 Å². The Balaban J connectivity index is 1.17. The lowest BCUT2D eigenvalue weighted by molar-refractivity contribution is -0.142. The van der Waals surface area contributed by atoms with Crippen LogP contribution >= 0.6 is 0 Å². The highest BCUT2D eigenvalue weighted by Crippen LogP contribution is 2.24. The van der Waals surface area contributed by atoms with Gasteiger partial charge in [0.25, 0.3) is 0 Å². The van der Waals surface area contributed by atoms with Gasteiger partial charge in [0, 0.05) is 86.0 Å². The number of aliphatic imine (C=N–C) groups is 2. The molecule has 0 radical (unpaired) electrons. The minimum absolute atomic E-state index is 0.0566. The first-order chi connectivity index (χ1) is 53.4. The van der Waals surface area contributed by atoms with Gasteiger partial charge in [-0.1, -0.05) is 84.4 Å². The predicted octanol–water partition coefficient (Wildman–Crippen LogP) is 0.575. The molecule has 2 saturated carbocycles. The number of hydrogen-bond donors (Lipinski definition) is 18. The molecule has 35 nitrogen and oxygen atoms in total. The molecule has 4 fully saturated rings. The number of nitrogens with two attached hydrogens (primary N) is 1. The Morgan fingerprint density at radius 3 is 1.68 bits per heavy atom. The van der Waals surface area contributed by atoms with Gasteiger partial charge in [-0.05, 0) is 140 Å². The number of nitrogens with zero attached hydrogens (tertiary/aromatic N) is 6. The number of para-hydroxylation sites is 1. The van der Waals surface area contributed by atoms with Gasteiger partial charge in [0.1, 0.15) is 60.4 Å². The molecule has 0 spiro atoms. The minimum Gasteiger partial charge on any atom is -0.394 e. The summed E-state index contributed by atoms with van der Waals surface area (Å²) in [6.45, 7) is 9.25. The maximum absolute atomic E-state index is 15.3. The van der Waals surface area contributed by atoms with Crippen LogP contribution in [0.25, 0.3) is 10.9 Å². The molecule has 0 bridgehead atoms. The van der Waals surface area contributed by atoms with Crippen LogP contribution in [0, 0.1) is 28.8 Å². The van der Waals surface area contributed by atoms with E-state index in [0.29, 0.717) is 73.2 Å². The van der Waals surface area contributed by atoms with Gasteiger partial charge in [0.05, 0.1) is 12.9 Å². The molecule has 4 heterocycles. The van der Waals surface area contributed by atoms with E-state index in [1.54, 1.807) is 12.3 Å². The highest BCUT2D eigenvalue weighted by molar-refractivity contribution is 6.00. The summed E-state index contributed by atoms with van der Waals surface area (Å²) in [5, 5.41) is 71.0. The molecule has 2 saturated heterocycles. The summed E-state index contributed by atoms with van der Waals surface area (Å²) in [5.74, 6) is -7.71. The van der Waals surface area contributed by atoms with E-state index >= 15 is 9.59 Å². The smallest absolute Gasteiger partial charge is 0.245 e. The van der Waals surface area contributed by atoms with Crippen molar-refractivity contribution >= 4 is 87.8 Å². The van der Waals surface area contributed by atoms with Gasteiger partial charge in [-0.25, -0.2) is 4.98 Å². The van der Waals surface area contributed by atoms with Crippen LogP contribution in [-0.2, 0) is 65.6 Å². The molecule has 35 heteroatoms. The second kappa shape index (κ2) is 46.3.